The molecule has 0 aromatic heterocycles. The number of phosphoric ester groups is 1. The Morgan fingerprint density at radius 3 is 1.49 bits per heavy atom. The standard InChI is InChI=1S/C37H70NO10P/c1-3-5-7-9-11-13-15-16-17-19-21-23-25-27-29-36(40)48-33(31-46-49(43,44)47-32-34(38)37(41)42)30-45-35(39)28-26-24-22-20-18-14-12-10-8-6-4-2/h15-16,33-34H,3-14,17-32,38H2,1-2H3,(H,41,42)(H,43,44)/b16-15+/t33-,34+/m1/s1. The Kier molecular flexibility index (Phi) is 32.2. The summed E-state index contributed by atoms with van der Waals surface area (Å²) < 4.78 is 32.5. The Hall–Kier alpha value is -1.78. The number of esters is 2. The number of allylic oxidation sites excluding steroid dienone is 2. The molecule has 12 heteroatoms. The molecule has 0 amide bonds. The van der Waals surface area contributed by atoms with Crippen molar-refractivity contribution in [3.8, 4) is 0 Å². The van der Waals surface area contributed by atoms with Crippen molar-refractivity contribution in [1.82, 2.24) is 0 Å². The molecule has 1 unspecified atom stereocenters. The Bertz CT molecular complexity index is 900. The highest BCUT2D eigenvalue weighted by atomic mass is 31.2. The van der Waals surface area contributed by atoms with Crippen LogP contribution in [0.15, 0.2) is 12.2 Å². The average Bonchev–Trinajstić information content (AvgIpc) is 3.07. The molecule has 0 rings (SSSR count). The normalized spacial score (nSPS) is 14.0. The van der Waals surface area contributed by atoms with Gasteiger partial charge in [-0.05, 0) is 38.5 Å². The van der Waals surface area contributed by atoms with Crippen LogP contribution in [0, 0.1) is 0 Å². The van der Waals surface area contributed by atoms with Gasteiger partial charge in [-0.3, -0.25) is 23.4 Å². The zero-order valence-electron chi connectivity index (χ0n) is 30.8. The lowest BCUT2D eigenvalue weighted by Gasteiger charge is -2.20. The van der Waals surface area contributed by atoms with Gasteiger partial charge < -0.3 is 25.2 Å². The maximum atomic E-state index is 12.5. The van der Waals surface area contributed by atoms with Crippen molar-refractivity contribution in [3.63, 3.8) is 0 Å². The van der Waals surface area contributed by atoms with E-state index in [2.05, 4.69) is 30.5 Å². The van der Waals surface area contributed by atoms with Crippen LogP contribution in [0.25, 0.3) is 0 Å². The van der Waals surface area contributed by atoms with Crippen molar-refractivity contribution >= 4 is 25.7 Å². The van der Waals surface area contributed by atoms with Crippen molar-refractivity contribution in [1.29, 1.82) is 0 Å². The molecule has 0 saturated carbocycles. The second-order valence-electron chi connectivity index (χ2n) is 13.1. The number of carboxylic acids is 1. The Labute approximate surface area is 297 Å². The minimum atomic E-state index is -4.70. The number of phosphoric acid groups is 1. The van der Waals surface area contributed by atoms with E-state index in [0.717, 1.165) is 57.8 Å². The van der Waals surface area contributed by atoms with Gasteiger partial charge in [-0.1, -0.05) is 135 Å². The molecule has 4 N–H and O–H groups in total. The molecule has 0 aromatic rings. The van der Waals surface area contributed by atoms with Crippen molar-refractivity contribution < 1.29 is 47.5 Å². The summed E-state index contributed by atoms with van der Waals surface area (Å²) in [5.74, 6) is -2.38. The van der Waals surface area contributed by atoms with Crippen LogP contribution in [-0.4, -0.2) is 59.9 Å². The predicted octanol–water partition coefficient (Wildman–Crippen LogP) is 9.34. The summed E-state index contributed by atoms with van der Waals surface area (Å²) in [6.07, 6.45) is 29.9. The first-order valence-electron chi connectivity index (χ1n) is 19.2. The van der Waals surface area contributed by atoms with Crippen molar-refractivity contribution in [2.75, 3.05) is 19.8 Å². The predicted molar refractivity (Wildman–Crippen MR) is 194 cm³/mol. The first-order valence-corrected chi connectivity index (χ1v) is 20.7. The van der Waals surface area contributed by atoms with E-state index in [0.29, 0.717) is 12.8 Å². The summed E-state index contributed by atoms with van der Waals surface area (Å²) in [7, 11) is -4.70. The van der Waals surface area contributed by atoms with Crippen molar-refractivity contribution in [2.24, 2.45) is 5.73 Å². The third-order valence-electron chi connectivity index (χ3n) is 8.26. The monoisotopic (exact) mass is 719 g/mol. The fraction of sp³-hybridized carbons (Fsp3) is 0.865. The smallest absolute Gasteiger partial charge is 0.472 e. The second-order valence-corrected chi connectivity index (χ2v) is 14.5. The van der Waals surface area contributed by atoms with E-state index in [1.165, 1.54) is 77.0 Å². The second kappa shape index (κ2) is 33.4. The van der Waals surface area contributed by atoms with Gasteiger partial charge in [-0.2, -0.15) is 0 Å². The molecule has 0 heterocycles. The number of rotatable bonds is 36. The van der Waals surface area contributed by atoms with Crippen molar-refractivity contribution in [3.05, 3.63) is 12.2 Å². The molecule has 11 nitrogen and oxygen atoms in total. The lowest BCUT2D eigenvalue weighted by atomic mass is 10.1. The number of unbranched alkanes of at least 4 members (excludes halogenated alkanes) is 20. The lowest BCUT2D eigenvalue weighted by Crippen LogP contribution is -2.34. The molecule has 0 aromatic carbocycles. The summed E-state index contributed by atoms with van der Waals surface area (Å²) in [6.45, 7) is 2.76. The van der Waals surface area contributed by atoms with E-state index in [1.807, 2.05) is 0 Å². The highest BCUT2D eigenvalue weighted by molar-refractivity contribution is 7.47. The first kappa shape index (κ1) is 47.2. The van der Waals surface area contributed by atoms with E-state index in [9.17, 15) is 23.8 Å². The average molecular weight is 720 g/mol. The molecule has 3 atom stereocenters. The Morgan fingerprint density at radius 2 is 1.02 bits per heavy atom. The third-order valence-corrected chi connectivity index (χ3v) is 9.21. The SMILES string of the molecule is CCCCCCC/C=C/CCCCCCCC(=O)O[C@H](COC(=O)CCCCCCCCCCCCC)COP(=O)(O)OC[C@H](N)C(=O)O. The Balaban J connectivity index is 4.44. The van der Waals surface area contributed by atoms with Crippen LogP contribution >= 0.6 is 7.82 Å². The molecule has 0 aliphatic carbocycles. The summed E-state index contributed by atoms with van der Waals surface area (Å²) in [6, 6.07) is -1.52. The largest absolute Gasteiger partial charge is 0.480 e. The molecule has 0 saturated heterocycles. The molecule has 0 spiro atoms. The summed E-state index contributed by atoms with van der Waals surface area (Å²) in [5.41, 5.74) is 5.31. The third kappa shape index (κ3) is 33.1. The van der Waals surface area contributed by atoms with Crippen LogP contribution in [0.5, 0.6) is 0 Å². The highest BCUT2D eigenvalue weighted by Crippen LogP contribution is 2.43. The lowest BCUT2D eigenvalue weighted by molar-refractivity contribution is -0.161. The van der Waals surface area contributed by atoms with Gasteiger partial charge in [0.15, 0.2) is 6.10 Å². The van der Waals surface area contributed by atoms with Gasteiger partial charge in [0.25, 0.3) is 0 Å². The van der Waals surface area contributed by atoms with Crippen LogP contribution < -0.4 is 5.73 Å². The van der Waals surface area contributed by atoms with Gasteiger partial charge in [-0.25, -0.2) is 4.57 Å². The maximum Gasteiger partial charge on any atom is 0.472 e. The van der Waals surface area contributed by atoms with Gasteiger partial charge in [0.2, 0.25) is 0 Å². The van der Waals surface area contributed by atoms with Gasteiger partial charge in [0.1, 0.15) is 12.6 Å². The van der Waals surface area contributed by atoms with Gasteiger partial charge in [-0.15, -0.1) is 0 Å². The van der Waals surface area contributed by atoms with Crippen LogP contribution in [0.2, 0.25) is 0 Å². The van der Waals surface area contributed by atoms with E-state index < -0.39 is 51.1 Å². The van der Waals surface area contributed by atoms with Crippen LogP contribution in [0.3, 0.4) is 0 Å². The zero-order valence-corrected chi connectivity index (χ0v) is 31.7. The zero-order chi connectivity index (χ0) is 36.4. The number of hydrogen-bond acceptors (Lipinski definition) is 9. The summed E-state index contributed by atoms with van der Waals surface area (Å²) in [5, 5.41) is 8.85. The van der Waals surface area contributed by atoms with Crippen LogP contribution in [0.4, 0.5) is 0 Å². The van der Waals surface area contributed by atoms with Gasteiger partial charge in [0.05, 0.1) is 13.2 Å². The molecule has 0 radical (unpaired) electrons. The van der Waals surface area contributed by atoms with E-state index in [4.69, 9.17) is 24.8 Å². The summed E-state index contributed by atoms with van der Waals surface area (Å²) in [4.78, 5) is 45.7. The fourth-order valence-electron chi connectivity index (χ4n) is 5.18. The van der Waals surface area contributed by atoms with E-state index in [1.54, 1.807) is 0 Å². The first-order chi connectivity index (χ1) is 23.6. The number of carbonyl (C=O) groups excluding carboxylic acids is 2. The number of carboxylic acid groups (broad SMARTS) is 1. The molecule has 0 fully saturated rings. The maximum absolute atomic E-state index is 12.5. The Morgan fingerprint density at radius 1 is 0.612 bits per heavy atom. The van der Waals surface area contributed by atoms with Crippen LogP contribution in [-0.2, 0) is 37.5 Å². The van der Waals surface area contributed by atoms with Crippen LogP contribution in [0.1, 0.15) is 174 Å². The molecule has 0 bridgehead atoms. The highest BCUT2D eigenvalue weighted by Gasteiger charge is 2.28. The van der Waals surface area contributed by atoms with Gasteiger partial charge in [0, 0.05) is 12.8 Å². The number of carbonyl (C=O) groups is 3. The topological polar surface area (TPSA) is 172 Å². The molecular formula is C37H70NO10P. The van der Waals surface area contributed by atoms with E-state index in [-0.39, 0.29) is 19.4 Å². The quantitative estimate of drug-likeness (QED) is 0.0244. The number of ether oxygens (including phenoxy) is 2. The minimum Gasteiger partial charge on any atom is -0.480 e. The molecular weight excluding hydrogens is 649 g/mol. The molecule has 0 aliphatic heterocycles. The summed E-state index contributed by atoms with van der Waals surface area (Å²) >= 11 is 0. The number of nitrogens with two attached hydrogens (primary N) is 1. The van der Waals surface area contributed by atoms with E-state index >= 15 is 0 Å². The number of hydrogen-bond donors (Lipinski definition) is 3. The molecule has 49 heavy (non-hydrogen) atoms. The minimum absolute atomic E-state index is 0.155. The van der Waals surface area contributed by atoms with Gasteiger partial charge >= 0.3 is 25.7 Å². The molecule has 0 aliphatic rings. The fourth-order valence-corrected chi connectivity index (χ4v) is 5.95. The van der Waals surface area contributed by atoms with Crippen molar-refractivity contribution in [2.45, 2.75) is 187 Å². The number of aliphatic carboxylic acids is 1. The molecule has 288 valence electrons.